The van der Waals surface area contributed by atoms with Gasteiger partial charge in [0.2, 0.25) is 5.91 Å². The van der Waals surface area contributed by atoms with Gasteiger partial charge in [0, 0.05) is 17.1 Å². The van der Waals surface area contributed by atoms with Gasteiger partial charge in [-0.15, -0.1) is 0 Å². The van der Waals surface area contributed by atoms with Gasteiger partial charge in [0.25, 0.3) is 0 Å². The Kier molecular flexibility index (Phi) is 2.51. The summed E-state index contributed by atoms with van der Waals surface area (Å²) in [6.45, 7) is 0.124. The van der Waals surface area contributed by atoms with E-state index in [1.54, 1.807) is 0 Å². The van der Waals surface area contributed by atoms with Crippen LogP contribution in [-0.4, -0.2) is 18.5 Å². The zero-order valence-electron chi connectivity index (χ0n) is 3.83. The Morgan fingerprint density at radius 3 is 2.12 bits per heavy atom. The van der Waals surface area contributed by atoms with Gasteiger partial charge in [0.05, 0.1) is 6.54 Å². The van der Waals surface area contributed by atoms with Crippen LogP contribution in [0.5, 0.6) is 0 Å². The molecule has 0 atom stereocenters. The van der Waals surface area contributed by atoms with Crippen LogP contribution >= 0.6 is 0 Å². The third-order valence-electron chi connectivity index (χ3n) is 0.662. The summed E-state index contributed by atoms with van der Waals surface area (Å²) in [4.78, 5) is 20.1. The van der Waals surface area contributed by atoms with Crippen molar-refractivity contribution < 1.29 is 26.7 Å². The summed E-state index contributed by atoms with van der Waals surface area (Å²) >= 11 is 0. The molecule has 8 heavy (non-hydrogen) atoms. The van der Waals surface area contributed by atoms with Gasteiger partial charge < -0.3 is 5.32 Å². The first-order valence-corrected chi connectivity index (χ1v) is 1.87. The topological polar surface area (TPSA) is 58.2 Å². The quantitative estimate of drug-likeness (QED) is 0.349. The Hall–Kier alpha value is -0.541. The van der Waals surface area contributed by atoms with Crippen LogP contribution in [0.1, 0.15) is 0 Å². The summed E-state index contributed by atoms with van der Waals surface area (Å²) in [7, 11) is 0. The molecule has 0 aliphatic carbocycles. The van der Waals surface area contributed by atoms with Crippen LogP contribution < -0.4 is 10.6 Å². The van der Waals surface area contributed by atoms with Gasteiger partial charge in [0.15, 0.2) is 0 Å². The first-order valence-electron chi connectivity index (χ1n) is 1.87. The number of carbonyl (C=O) groups is 2. The van der Waals surface area contributed by atoms with Gasteiger partial charge >= 0.3 is 6.03 Å². The SMILES string of the molecule is O=C1CNC(=O)N1.[Cu]. The summed E-state index contributed by atoms with van der Waals surface area (Å²) in [6, 6.07) is -0.398. The Morgan fingerprint density at radius 2 is 2.00 bits per heavy atom. The van der Waals surface area contributed by atoms with Crippen LogP contribution in [0.4, 0.5) is 4.79 Å². The molecular formula is C3H4CuN2O2. The minimum atomic E-state index is -0.398. The van der Waals surface area contributed by atoms with Gasteiger partial charge in [0.1, 0.15) is 0 Å². The third kappa shape index (κ3) is 1.52. The Morgan fingerprint density at radius 1 is 1.38 bits per heavy atom. The maximum absolute atomic E-state index is 10.1. The van der Waals surface area contributed by atoms with Crippen LogP contribution in [0, 0.1) is 0 Å². The van der Waals surface area contributed by atoms with Crippen LogP contribution in [0.25, 0.3) is 0 Å². The van der Waals surface area contributed by atoms with E-state index >= 15 is 0 Å². The fourth-order valence-corrected chi connectivity index (χ4v) is 0.376. The standard InChI is InChI=1S/C3H4N2O2.Cu/c6-2-1-4-3(7)5-2;/h1H2,(H2,4,5,6,7);. The molecule has 1 aliphatic rings. The van der Waals surface area contributed by atoms with E-state index < -0.39 is 6.03 Å². The molecule has 0 aromatic heterocycles. The van der Waals surface area contributed by atoms with E-state index in [4.69, 9.17) is 0 Å². The van der Waals surface area contributed by atoms with Crippen molar-refractivity contribution in [2.24, 2.45) is 0 Å². The zero-order chi connectivity index (χ0) is 5.28. The molecular weight excluding hydrogens is 160 g/mol. The van der Waals surface area contributed by atoms with Crippen molar-refractivity contribution in [3.63, 3.8) is 0 Å². The summed E-state index contributed by atoms with van der Waals surface area (Å²) in [5.74, 6) is -0.259. The van der Waals surface area contributed by atoms with Crippen LogP contribution in [0.15, 0.2) is 0 Å². The molecule has 1 saturated heterocycles. The second kappa shape index (κ2) is 2.69. The van der Waals surface area contributed by atoms with E-state index in [1.807, 2.05) is 5.32 Å². The molecule has 5 heteroatoms. The molecule has 0 saturated carbocycles. The number of nitrogens with one attached hydrogen (secondary N) is 2. The number of amides is 3. The van der Waals surface area contributed by atoms with E-state index in [9.17, 15) is 9.59 Å². The summed E-state index contributed by atoms with van der Waals surface area (Å²) in [5.41, 5.74) is 0. The van der Waals surface area contributed by atoms with Gasteiger partial charge in [-0.1, -0.05) is 0 Å². The predicted molar refractivity (Wildman–Crippen MR) is 21.5 cm³/mol. The van der Waals surface area contributed by atoms with E-state index in [0.717, 1.165) is 0 Å². The molecule has 0 spiro atoms. The first kappa shape index (κ1) is 7.46. The number of hydrogen-bond donors (Lipinski definition) is 2. The number of carbonyl (C=O) groups excluding carboxylic acids is 2. The van der Waals surface area contributed by atoms with Crippen LogP contribution in [0.3, 0.4) is 0 Å². The predicted octanol–water partition coefficient (Wildman–Crippen LogP) is -1.18. The number of imide groups is 1. The second-order valence-corrected chi connectivity index (χ2v) is 1.23. The van der Waals surface area contributed by atoms with Gasteiger partial charge in [-0.25, -0.2) is 4.79 Å². The third-order valence-corrected chi connectivity index (χ3v) is 0.662. The number of hydrogen-bond acceptors (Lipinski definition) is 2. The Bertz CT molecular complexity index is 110. The summed E-state index contributed by atoms with van der Waals surface area (Å²) < 4.78 is 0. The molecule has 0 bridgehead atoms. The van der Waals surface area contributed by atoms with Crippen molar-refractivity contribution in [1.29, 1.82) is 0 Å². The average molecular weight is 164 g/mol. The summed E-state index contributed by atoms with van der Waals surface area (Å²) in [5, 5.41) is 4.30. The first-order chi connectivity index (χ1) is 3.29. The van der Waals surface area contributed by atoms with Crippen molar-refractivity contribution in [2.75, 3.05) is 6.54 Å². The van der Waals surface area contributed by atoms with Crippen molar-refractivity contribution in [2.45, 2.75) is 0 Å². The van der Waals surface area contributed by atoms with Crippen LogP contribution in [0.2, 0.25) is 0 Å². The Labute approximate surface area is 56.5 Å². The molecule has 4 nitrogen and oxygen atoms in total. The van der Waals surface area contributed by atoms with Crippen molar-refractivity contribution in [1.82, 2.24) is 10.6 Å². The molecule has 1 heterocycles. The van der Waals surface area contributed by atoms with Crippen LogP contribution in [-0.2, 0) is 21.9 Å². The minimum absolute atomic E-state index is 0. The average Bonchev–Trinajstić information content (AvgIpc) is 1.87. The smallest absolute Gasteiger partial charge is 0.321 e. The monoisotopic (exact) mass is 163 g/mol. The van der Waals surface area contributed by atoms with Gasteiger partial charge in [-0.3, -0.25) is 10.1 Å². The van der Waals surface area contributed by atoms with E-state index in [0.29, 0.717) is 0 Å². The van der Waals surface area contributed by atoms with Gasteiger partial charge in [-0.05, 0) is 0 Å². The number of urea groups is 1. The molecule has 2 N–H and O–H groups in total. The molecule has 49 valence electrons. The van der Waals surface area contributed by atoms with E-state index in [2.05, 4.69) is 5.32 Å². The van der Waals surface area contributed by atoms with Crippen molar-refractivity contribution in [3.05, 3.63) is 0 Å². The molecule has 1 rings (SSSR count). The largest absolute Gasteiger partial charge is 0.329 e. The fourth-order valence-electron chi connectivity index (χ4n) is 0.376. The molecule has 3 amide bonds. The minimum Gasteiger partial charge on any atom is -0.329 e. The molecule has 1 radical (unpaired) electrons. The van der Waals surface area contributed by atoms with E-state index in [-0.39, 0.29) is 29.5 Å². The maximum Gasteiger partial charge on any atom is 0.321 e. The molecule has 1 fully saturated rings. The number of rotatable bonds is 0. The molecule has 0 aromatic rings. The maximum atomic E-state index is 10.1. The molecule has 0 unspecified atom stereocenters. The van der Waals surface area contributed by atoms with Gasteiger partial charge in [-0.2, -0.15) is 0 Å². The second-order valence-electron chi connectivity index (χ2n) is 1.23. The molecule has 1 aliphatic heterocycles. The zero-order valence-corrected chi connectivity index (χ0v) is 4.77. The summed E-state index contributed by atoms with van der Waals surface area (Å²) in [6.07, 6.45) is 0. The van der Waals surface area contributed by atoms with E-state index in [1.165, 1.54) is 0 Å². The normalized spacial score (nSPS) is 16.5. The fraction of sp³-hybridized carbons (Fsp3) is 0.333. The molecule has 0 aromatic carbocycles. The van der Waals surface area contributed by atoms with Crippen molar-refractivity contribution >= 4 is 11.9 Å². The Balaban J connectivity index is 0.000000490. The van der Waals surface area contributed by atoms with Crippen molar-refractivity contribution in [3.8, 4) is 0 Å².